The van der Waals surface area contributed by atoms with E-state index < -0.39 is 0 Å². The highest BCUT2D eigenvalue weighted by Gasteiger charge is 2.18. The van der Waals surface area contributed by atoms with Crippen molar-refractivity contribution in [3.8, 4) is 11.1 Å². The molecule has 4 aromatic rings. The van der Waals surface area contributed by atoms with Gasteiger partial charge in [-0.25, -0.2) is 15.0 Å². The zero-order valence-electron chi connectivity index (χ0n) is 15.0. The molecule has 2 aromatic heterocycles. The van der Waals surface area contributed by atoms with Gasteiger partial charge in [0.05, 0.1) is 11.0 Å². The van der Waals surface area contributed by atoms with E-state index in [2.05, 4.69) is 27.4 Å². The normalized spacial score (nSPS) is 10.9. The van der Waals surface area contributed by atoms with Crippen molar-refractivity contribution in [2.24, 2.45) is 0 Å². The molecule has 0 unspecified atom stereocenters. The van der Waals surface area contributed by atoms with Crippen LogP contribution in [0.4, 0.5) is 0 Å². The maximum absolute atomic E-state index is 12.8. The Balaban J connectivity index is 1.71. The third-order valence-corrected chi connectivity index (χ3v) is 4.45. The minimum absolute atomic E-state index is 0.212. The van der Waals surface area contributed by atoms with Gasteiger partial charge in [0.2, 0.25) is 0 Å². The molecule has 0 saturated carbocycles. The fourth-order valence-corrected chi connectivity index (χ4v) is 3.17. The van der Waals surface area contributed by atoms with E-state index in [9.17, 15) is 4.79 Å². The minimum Gasteiger partial charge on any atom is -0.345 e. The summed E-state index contributed by atoms with van der Waals surface area (Å²) in [5, 5.41) is 2.91. The Kier molecular flexibility index (Phi) is 4.61. The van der Waals surface area contributed by atoms with Gasteiger partial charge in [0.25, 0.3) is 5.91 Å². The largest absolute Gasteiger partial charge is 0.345 e. The number of amides is 1. The highest BCUT2D eigenvalue weighted by molar-refractivity contribution is 5.99. The van der Waals surface area contributed by atoms with Crippen molar-refractivity contribution in [3.63, 3.8) is 0 Å². The lowest BCUT2D eigenvalue weighted by molar-refractivity contribution is 0.0937. The molecular weight excluding hydrogens is 338 g/mol. The van der Waals surface area contributed by atoms with Crippen molar-refractivity contribution in [3.05, 3.63) is 78.6 Å². The van der Waals surface area contributed by atoms with Crippen LogP contribution >= 0.6 is 0 Å². The van der Waals surface area contributed by atoms with Crippen LogP contribution in [0.3, 0.4) is 0 Å². The first-order valence-electron chi connectivity index (χ1n) is 8.84. The first kappa shape index (κ1) is 16.9. The van der Waals surface area contributed by atoms with Gasteiger partial charge in [0.1, 0.15) is 6.33 Å². The third-order valence-electron chi connectivity index (χ3n) is 4.45. The average molecular weight is 357 g/mol. The van der Waals surface area contributed by atoms with Crippen LogP contribution < -0.4 is 5.32 Å². The number of fused-ring (bicyclic) bond motifs is 1. The number of nitrogens with one attached hydrogen (secondary N) is 1. The van der Waals surface area contributed by atoms with Gasteiger partial charge in [0.15, 0.2) is 5.82 Å². The summed E-state index contributed by atoms with van der Waals surface area (Å²) in [6, 6.07) is 16.1. The van der Waals surface area contributed by atoms with Crippen molar-refractivity contribution < 1.29 is 4.79 Å². The second-order valence-electron chi connectivity index (χ2n) is 6.15. The van der Waals surface area contributed by atoms with Crippen LogP contribution in [0.25, 0.3) is 22.2 Å². The molecule has 4 rings (SSSR count). The van der Waals surface area contributed by atoms with Gasteiger partial charge in [-0.3, -0.25) is 4.79 Å². The smallest absolute Gasteiger partial charge is 0.287 e. The Morgan fingerprint density at radius 2 is 1.81 bits per heavy atom. The van der Waals surface area contributed by atoms with Gasteiger partial charge in [-0.15, -0.1) is 0 Å². The molecule has 0 aliphatic carbocycles. The maximum atomic E-state index is 12.8. The van der Waals surface area contributed by atoms with E-state index in [1.807, 2.05) is 47.9 Å². The Labute approximate surface area is 156 Å². The highest BCUT2D eigenvalue weighted by Crippen LogP contribution is 2.28. The van der Waals surface area contributed by atoms with E-state index in [-0.39, 0.29) is 5.91 Å². The SMILES string of the molecule is CCn1c(C(=O)NCc2cncnc2)nc2c(-c3ccccc3)cccc21. The lowest BCUT2D eigenvalue weighted by Gasteiger charge is -2.07. The number of nitrogens with zero attached hydrogens (tertiary/aromatic N) is 4. The van der Waals surface area contributed by atoms with Crippen molar-refractivity contribution >= 4 is 16.9 Å². The maximum Gasteiger partial charge on any atom is 0.287 e. The predicted molar refractivity (Wildman–Crippen MR) is 104 cm³/mol. The Morgan fingerprint density at radius 3 is 2.56 bits per heavy atom. The summed E-state index contributed by atoms with van der Waals surface area (Å²) in [6.07, 6.45) is 4.83. The highest BCUT2D eigenvalue weighted by atomic mass is 16.2. The number of para-hydroxylation sites is 1. The first-order chi connectivity index (χ1) is 13.3. The van der Waals surface area contributed by atoms with Gasteiger partial charge in [-0.1, -0.05) is 42.5 Å². The molecule has 134 valence electrons. The standard InChI is InChI=1S/C21H19N5O/c1-2-26-18-10-6-9-17(16-7-4-3-5-8-16)19(18)25-20(26)21(27)24-13-15-11-22-14-23-12-15/h3-12,14H,2,13H2,1H3,(H,24,27). The predicted octanol–water partition coefficient (Wildman–Crippen LogP) is 3.44. The van der Waals surface area contributed by atoms with Gasteiger partial charge in [-0.2, -0.15) is 0 Å². The number of hydrogen-bond donors (Lipinski definition) is 1. The molecule has 6 heteroatoms. The lowest BCUT2D eigenvalue weighted by atomic mass is 10.0. The number of imidazole rings is 1. The van der Waals surface area contributed by atoms with E-state index in [1.165, 1.54) is 6.33 Å². The van der Waals surface area contributed by atoms with Gasteiger partial charge in [-0.05, 0) is 18.6 Å². The number of carbonyl (C=O) groups is 1. The molecule has 0 aliphatic rings. The molecule has 0 fully saturated rings. The van der Waals surface area contributed by atoms with Crippen LogP contribution in [0, 0.1) is 0 Å². The van der Waals surface area contributed by atoms with Gasteiger partial charge < -0.3 is 9.88 Å². The lowest BCUT2D eigenvalue weighted by Crippen LogP contribution is -2.26. The monoisotopic (exact) mass is 357 g/mol. The zero-order valence-corrected chi connectivity index (χ0v) is 15.0. The number of carbonyl (C=O) groups excluding carboxylic acids is 1. The summed E-state index contributed by atoms with van der Waals surface area (Å²) in [6.45, 7) is 3.03. The molecule has 0 atom stereocenters. The number of aryl methyl sites for hydroxylation is 1. The minimum atomic E-state index is -0.212. The van der Waals surface area contributed by atoms with Gasteiger partial charge in [0, 0.05) is 36.6 Å². The molecule has 2 heterocycles. The number of aromatic nitrogens is 4. The molecule has 6 nitrogen and oxygen atoms in total. The van der Waals surface area contributed by atoms with Crippen LogP contribution in [-0.2, 0) is 13.1 Å². The molecule has 0 aliphatic heterocycles. The first-order valence-corrected chi connectivity index (χ1v) is 8.84. The van der Waals surface area contributed by atoms with Crippen molar-refractivity contribution in [1.29, 1.82) is 0 Å². The summed E-state index contributed by atoms with van der Waals surface area (Å²) in [5.74, 6) is 0.198. The number of rotatable bonds is 5. The quantitative estimate of drug-likeness (QED) is 0.594. The molecule has 1 amide bonds. The summed E-state index contributed by atoms with van der Waals surface area (Å²) in [4.78, 5) is 25.4. The van der Waals surface area contributed by atoms with Crippen molar-refractivity contribution in [2.75, 3.05) is 0 Å². The van der Waals surface area contributed by atoms with E-state index in [0.29, 0.717) is 18.9 Å². The third kappa shape index (κ3) is 3.29. The van der Waals surface area contributed by atoms with Crippen molar-refractivity contribution in [2.45, 2.75) is 20.0 Å². The van der Waals surface area contributed by atoms with Crippen LogP contribution in [0.2, 0.25) is 0 Å². The molecule has 0 saturated heterocycles. The topological polar surface area (TPSA) is 72.7 Å². The van der Waals surface area contributed by atoms with E-state index in [0.717, 1.165) is 27.7 Å². The molecule has 2 aromatic carbocycles. The Hall–Kier alpha value is -3.54. The number of benzene rings is 2. The summed E-state index contributed by atoms with van der Waals surface area (Å²) in [5.41, 5.74) is 4.73. The van der Waals surface area contributed by atoms with E-state index in [4.69, 9.17) is 4.98 Å². The van der Waals surface area contributed by atoms with Crippen molar-refractivity contribution in [1.82, 2.24) is 24.8 Å². The average Bonchev–Trinajstić information content (AvgIpc) is 3.12. The Bertz CT molecular complexity index is 1070. The van der Waals surface area contributed by atoms with E-state index >= 15 is 0 Å². The van der Waals surface area contributed by atoms with Crippen LogP contribution in [0.1, 0.15) is 23.1 Å². The van der Waals surface area contributed by atoms with Crippen LogP contribution in [-0.4, -0.2) is 25.4 Å². The second kappa shape index (κ2) is 7.37. The zero-order chi connectivity index (χ0) is 18.6. The van der Waals surface area contributed by atoms with Gasteiger partial charge >= 0.3 is 0 Å². The van der Waals surface area contributed by atoms with Crippen LogP contribution in [0.15, 0.2) is 67.3 Å². The molecular formula is C21H19N5O. The molecule has 1 N–H and O–H groups in total. The second-order valence-corrected chi connectivity index (χ2v) is 6.15. The molecule has 27 heavy (non-hydrogen) atoms. The summed E-state index contributed by atoms with van der Waals surface area (Å²) >= 11 is 0. The molecule has 0 spiro atoms. The fraction of sp³-hybridized carbons (Fsp3) is 0.143. The Morgan fingerprint density at radius 1 is 1.04 bits per heavy atom. The van der Waals surface area contributed by atoms with Crippen LogP contribution in [0.5, 0.6) is 0 Å². The number of hydrogen-bond acceptors (Lipinski definition) is 4. The van der Waals surface area contributed by atoms with E-state index in [1.54, 1.807) is 12.4 Å². The molecule has 0 bridgehead atoms. The fourth-order valence-electron chi connectivity index (χ4n) is 3.17. The summed E-state index contributed by atoms with van der Waals surface area (Å²) in [7, 11) is 0. The summed E-state index contributed by atoms with van der Waals surface area (Å²) < 4.78 is 1.94. The molecule has 0 radical (unpaired) electrons.